The van der Waals surface area contributed by atoms with E-state index in [0.717, 1.165) is 30.5 Å². The molecule has 0 saturated carbocycles. The molecular weight excluding hydrogens is 332 g/mol. The summed E-state index contributed by atoms with van der Waals surface area (Å²) in [5, 5.41) is 0.421. The molecule has 1 aliphatic heterocycles. The molecular formula is C19H28N4O3. The Kier molecular flexibility index (Phi) is 4.82. The molecule has 2 aromatic heterocycles. The molecule has 1 saturated heterocycles. The Balaban J connectivity index is 2.20. The van der Waals surface area contributed by atoms with Crippen molar-refractivity contribution in [2.45, 2.75) is 40.2 Å². The lowest BCUT2D eigenvalue weighted by Gasteiger charge is -2.35. The van der Waals surface area contributed by atoms with Crippen LogP contribution < -0.4 is 11.2 Å². The number of fused-ring (bicyclic) bond motifs is 1. The highest BCUT2D eigenvalue weighted by Crippen LogP contribution is 2.24. The highest BCUT2D eigenvalue weighted by Gasteiger charge is 2.29. The van der Waals surface area contributed by atoms with Gasteiger partial charge in [0.15, 0.2) is 0 Å². The Labute approximate surface area is 152 Å². The second-order valence-corrected chi connectivity index (χ2v) is 7.78. The number of aromatic nitrogens is 3. The zero-order chi connectivity index (χ0) is 19.2. The van der Waals surface area contributed by atoms with Gasteiger partial charge in [0, 0.05) is 33.7 Å². The summed E-state index contributed by atoms with van der Waals surface area (Å²) < 4.78 is 4.40. The molecule has 0 aromatic carbocycles. The second kappa shape index (κ2) is 6.78. The number of amides is 1. The largest absolute Gasteiger partial charge is 0.337 e. The molecule has 2 aromatic rings. The summed E-state index contributed by atoms with van der Waals surface area (Å²) in [7, 11) is 3.12. The van der Waals surface area contributed by atoms with Crippen molar-refractivity contribution in [1.29, 1.82) is 0 Å². The third-order valence-electron chi connectivity index (χ3n) is 5.32. The Morgan fingerprint density at radius 3 is 2.31 bits per heavy atom. The normalized spacial score (nSPS) is 20.7. The lowest BCUT2D eigenvalue weighted by atomic mass is 9.92. The summed E-state index contributed by atoms with van der Waals surface area (Å²) >= 11 is 0. The zero-order valence-corrected chi connectivity index (χ0v) is 16.3. The molecule has 0 radical (unpaired) electrons. The minimum absolute atomic E-state index is 0.0532. The molecule has 26 heavy (non-hydrogen) atoms. The number of hydrogen-bond acceptors (Lipinski definition) is 3. The number of nitrogens with zero attached hydrogens (tertiary/aromatic N) is 4. The molecule has 1 amide bonds. The van der Waals surface area contributed by atoms with Crippen LogP contribution in [0.3, 0.4) is 0 Å². The van der Waals surface area contributed by atoms with Crippen LogP contribution >= 0.6 is 0 Å². The van der Waals surface area contributed by atoms with Crippen LogP contribution in [-0.2, 0) is 20.6 Å². The van der Waals surface area contributed by atoms with Gasteiger partial charge < -0.3 is 9.47 Å². The van der Waals surface area contributed by atoms with Gasteiger partial charge in [0.25, 0.3) is 11.5 Å². The van der Waals surface area contributed by atoms with E-state index in [2.05, 4.69) is 13.8 Å². The van der Waals surface area contributed by atoms with Gasteiger partial charge in [0.05, 0.1) is 5.39 Å². The van der Waals surface area contributed by atoms with Crippen molar-refractivity contribution >= 4 is 16.9 Å². The Hall–Kier alpha value is -2.31. The fraction of sp³-hybridized carbons (Fsp3) is 0.632. The summed E-state index contributed by atoms with van der Waals surface area (Å²) in [6.07, 6.45) is 1.93. The Bertz CT molecular complexity index is 956. The molecule has 0 spiro atoms. The quantitative estimate of drug-likeness (QED) is 0.834. The van der Waals surface area contributed by atoms with E-state index in [1.165, 1.54) is 11.6 Å². The summed E-state index contributed by atoms with van der Waals surface area (Å²) in [4.78, 5) is 40.1. The molecule has 0 N–H and O–H groups in total. The first-order valence-corrected chi connectivity index (χ1v) is 9.34. The number of aryl methyl sites for hydroxylation is 2. The maximum absolute atomic E-state index is 13.3. The molecule has 1 fully saturated rings. The number of likely N-dealkylation sites (tertiary alicyclic amines) is 1. The molecule has 2 atom stereocenters. The average molecular weight is 360 g/mol. The van der Waals surface area contributed by atoms with Crippen LogP contribution in [0.15, 0.2) is 15.7 Å². The van der Waals surface area contributed by atoms with Gasteiger partial charge in [0.2, 0.25) is 0 Å². The first kappa shape index (κ1) is 18.5. The summed E-state index contributed by atoms with van der Waals surface area (Å²) in [5.74, 6) is 0.871. The van der Waals surface area contributed by atoms with E-state index in [9.17, 15) is 14.4 Å². The molecule has 0 aliphatic carbocycles. The van der Waals surface area contributed by atoms with E-state index >= 15 is 0 Å². The summed E-state index contributed by atoms with van der Waals surface area (Å²) in [6.45, 7) is 8.39. The van der Waals surface area contributed by atoms with Gasteiger partial charge >= 0.3 is 5.69 Å². The fourth-order valence-corrected chi connectivity index (χ4v) is 4.26. The number of rotatable bonds is 3. The van der Waals surface area contributed by atoms with Crippen LogP contribution in [0.25, 0.3) is 11.0 Å². The standard InChI is InChI=1S/C19H28N4O3/c1-6-7-23-15(18(25)22-10-12(2)8-13(3)11-22)9-14-16(23)20(4)19(26)21(5)17(14)24/h9,12-13H,6-8,10-11H2,1-5H3. The first-order valence-electron chi connectivity index (χ1n) is 9.34. The van der Waals surface area contributed by atoms with Crippen molar-refractivity contribution in [2.75, 3.05) is 13.1 Å². The molecule has 3 rings (SSSR count). The minimum Gasteiger partial charge on any atom is -0.337 e. The van der Waals surface area contributed by atoms with Crippen molar-refractivity contribution in [3.63, 3.8) is 0 Å². The maximum Gasteiger partial charge on any atom is 0.332 e. The highest BCUT2D eigenvalue weighted by molar-refractivity contribution is 5.98. The van der Waals surface area contributed by atoms with Crippen molar-refractivity contribution in [1.82, 2.24) is 18.6 Å². The summed E-state index contributed by atoms with van der Waals surface area (Å²) in [5.41, 5.74) is 0.299. The van der Waals surface area contributed by atoms with Gasteiger partial charge in [-0.05, 0) is 30.7 Å². The van der Waals surface area contributed by atoms with Crippen LogP contribution in [-0.4, -0.2) is 37.6 Å². The van der Waals surface area contributed by atoms with Gasteiger partial charge in [-0.15, -0.1) is 0 Å². The number of hydrogen-bond donors (Lipinski definition) is 0. The molecule has 3 heterocycles. The highest BCUT2D eigenvalue weighted by atomic mass is 16.2. The smallest absolute Gasteiger partial charge is 0.332 e. The number of piperidine rings is 1. The van der Waals surface area contributed by atoms with Crippen molar-refractivity contribution in [3.8, 4) is 0 Å². The predicted octanol–water partition coefficient (Wildman–Crippen LogP) is 1.57. The molecule has 7 nitrogen and oxygen atoms in total. The number of carbonyl (C=O) groups is 1. The van der Waals surface area contributed by atoms with Crippen LogP contribution in [0.5, 0.6) is 0 Å². The van der Waals surface area contributed by atoms with Gasteiger partial charge in [-0.2, -0.15) is 0 Å². The third-order valence-corrected chi connectivity index (χ3v) is 5.32. The van der Waals surface area contributed by atoms with E-state index < -0.39 is 0 Å². The zero-order valence-electron chi connectivity index (χ0n) is 16.3. The van der Waals surface area contributed by atoms with Crippen molar-refractivity contribution in [3.05, 3.63) is 32.6 Å². The van der Waals surface area contributed by atoms with Crippen molar-refractivity contribution in [2.24, 2.45) is 25.9 Å². The van der Waals surface area contributed by atoms with Gasteiger partial charge in [-0.25, -0.2) is 4.79 Å². The SMILES string of the molecule is CCCn1c(C(=O)N2CC(C)CC(C)C2)cc2c(=O)n(C)c(=O)n(C)c21. The second-order valence-electron chi connectivity index (χ2n) is 7.78. The minimum atomic E-state index is -0.378. The van der Waals surface area contributed by atoms with Gasteiger partial charge in [-0.1, -0.05) is 20.8 Å². The lowest BCUT2D eigenvalue weighted by molar-refractivity contribution is 0.0612. The van der Waals surface area contributed by atoms with Gasteiger partial charge in [0.1, 0.15) is 11.3 Å². The number of carbonyl (C=O) groups excluding carboxylic acids is 1. The van der Waals surface area contributed by atoms with E-state index in [1.807, 2.05) is 16.4 Å². The molecule has 2 unspecified atom stereocenters. The van der Waals surface area contributed by atoms with Crippen LogP contribution in [0, 0.1) is 11.8 Å². The average Bonchev–Trinajstić information content (AvgIpc) is 2.96. The molecule has 142 valence electrons. The van der Waals surface area contributed by atoms with Crippen LogP contribution in [0.1, 0.15) is 44.1 Å². The van der Waals surface area contributed by atoms with Crippen LogP contribution in [0.4, 0.5) is 0 Å². The van der Waals surface area contributed by atoms with Crippen LogP contribution in [0.2, 0.25) is 0 Å². The Morgan fingerprint density at radius 1 is 1.12 bits per heavy atom. The Morgan fingerprint density at radius 2 is 1.73 bits per heavy atom. The topological polar surface area (TPSA) is 69.2 Å². The third kappa shape index (κ3) is 2.89. The van der Waals surface area contributed by atoms with E-state index in [4.69, 9.17) is 0 Å². The van der Waals surface area contributed by atoms with Gasteiger partial charge in [-0.3, -0.25) is 18.7 Å². The first-order chi connectivity index (χ1) is 12.3. The lowest BCUT2D eigenvalue weighted by Crippen LogP contribution is -2.43. The molecule has 0 bridgehead atoms. The molecule has 7 heteroatoms. The predicted molar refractivity (Wildman–Crippen MR) is 102 cm³/mol. The van der Waals surface area contributed by atoms with Crippen molar-refractivity contribution < 1.29 is 4.79 Å². The van der Waals surface area contributed by atoms with E-state index in [1.54, 1.807) is 13.1 Å². The summed E-state index contributed by atoms with van der Waals surface area (Å²) in [6, 6.07) is 1.67. The van der Waals surface area contributed by atoms with E-state index in [-0.39, 0.29) is 17.2 Å². The van der Waals surface area contributed by atoms with E-state index in [0.29, 0.717) is 35.1 Å². The maximum atomic E-state index is 13.3. The molecule has 1 aliphatic rings. The fourth-order valence-electron chi connectivity index (χ4n) is 4.26. The monoisotopic (exact) mass is 360 g/mol.